The first-order valence-corrected chi connectivity index (χ1v) is 2.13. The molecule has 0 saturated carbocycles. The number of hydrogen-bond donors (Lipinski definition) is 1. The summed E-state index contributed by atoms with van der Waals surface area (Å²) in [5.74, 6) is 0. The summed E-state index contributed by atoms with van der Waals surface area (Å²) in [6.45, 7) is 2.34. The van der Waals surface area contributed by atoms with Crippen LogP contribution in [0.3, 0.4) is 0 Å². The number of rotatable bonds is 2. The van der Waals surface area contributed by atoms with Crippen LogP contribution < -0.4 is 5.32 Å². The third-order valence-electron chi connectivity index (χ3n) is 0.502. The van der Waals surface area contributed by atoms with Gasteiger partial charge in [0.25, 0.3) is 0 Å². The summed E-state index contributed by atoms with van der Waals surface area (Å²) in [7, 11) is 0. The van der Waals surface area contributed by atoms with E-state index in [1.54, 1.807) is 0 Å². The van der Waals surface area contributed by atoms with E-state index < -0.39 is 12.7 Å². The standard InChI is InChI=1S/C4H7F3N.U/c1-2-8-3-4(5,6)7;/h8H,1-3H2;/q-1;. The van der Waals surface area contributed by atoms with Crippen LogP contribution in [0.4, 0.5) is 13.2 Å². The van der Waals surface area contributed by atoms with Crippen LogP contribution in [0.5, 0.6) is 0 Å². The van der Waals surface area contributed by atoms with Crippen molar-refractivity contribution in [2.24, 2.45) is 0 Å². The van der Waals surface area contributed by atoms with Gasteiger partial charge in [-0.3, -0.25) is 0 Å². The number of hydrogen-bond acceptors (Lipinski definition) is 1. The minimum Gasteiger partial charge on any atom is -0.339 e. The zero-order chi connectivity index (χ0) is 6.62. The first kappa shape index (κ1) is 12.5. The first-order valence-electron chi connectivity index (χ1n) is 2.13. The van der Waals surface area contributed by atoms with Crippen molar-refractivity contribution >= 4 is 0 Å². The van der Waals surface area contributed by atoms with Crippen molar-refractivity contribution in [3.8, 4) is 0 Å². The van der Waals surface area contributed by atoms with E-state index in [9.17, 15) is 13.2 Å². The Morgan fingerprint density at radius 2 is 1.78 bits per heavy atom. The minimum atomic E-state index is -4.10. The Labute approximate surface area is 75.8 Å². The molecule has 0 heterocycles. The summed E-state index contributed by atoms with van der Waals surface area (Å²) in [6.07, 6.45) is -4.10. The van der Waals surface area contributed by atoms with Gasteiger partial charge in [0.05, 0.1) is 6.54 Å². The van der Waals surface area contributed by atoms with E-state index in [0.717, 1.165) is 0 Å². The van der Waals surface area contributed by atoms with Gasteiger partial charge in [0.2, 0.25) is 0 Å². The molecule has 0 saturated heterocycles. The third kappa shape index (κ3) is 12.1. The smallest absolute Gasteiger partial charge is 0.339 e. The van der Waals surface area contributed by atoms with Gasteiger partial charge in [-0.15, -0.1) is 6.54 Å². The van der Waals surface area contributed by atoms with E-state index >= 15 is 0 Å². The van der Waals surface area contributed by atoms with E-state index in [1.165, 1.54) is 0 Å². The van der Waals surface area contributed by atoms with Crippen LogP contribution >= 0.6 is 0 Å². The van der Waals surface area contributed by atoms with Gasteiger partial charge < -0.3 is 12.2 Å². The predicted molar refractivity (Wildman–Crippen MR) is 24.3 cm³/mol. The molecule has 0 aromatic carbocycles. The fourth-order valence-electron chi connectivity index (χ4n) is 0.230. The Hall–Kier alpha value is 0.802. The molecule has 0 aliphatic heterocycles. The van der Waals surface area contributed by atoms with Crippen LogP contribution in [0.25, 0.3) is 0 Å². The maximum absolute atomic E-state index is 11.2. The fraction of sp³-hybridized carbons (Fsp3) is 0.750. The summed E-state index contributed by atoms with van der Waals surface area (Å²) in [6, 6.07) is 0. The monoisotopic (exact) mass is 364 g/mol. The van der Waals surface area contributed by atoms with Crippen LogP contribution in [-0.2, 0) is 0 Å². The van der Waals surface area contributed by atoms with Crippen molar-refractivity contribution in [3.05, 3.63) is 6.92 Å². The van der Waals surface area contributed by atoms with Crippen molar-refractivity contribution in [1.29, 1.82) is 0 Å². The SMILES string of the molecule is [CH2-]CNCC(F)(F)F.[U]. The summed E-state index contributed by atoms with van der Waals surface area (Å²) in [5, 5.41) is 2.05. The zero-order valence-electron chi connectivity index (χ0n) is 4.76. The molecule has 9 heavy (non-hydrogen) atoms. The van der Waals surface area contributed by atoms with Gasteiger partial charge in [0, 0.05) is 31.1 Å². The molecule has 0 aromatic rings. The first-order chi connectivity index (χ1) is 3.56. The van der Waals surface area contributed by atoms with Crippen molar-refractivity contribution in [2.75, 3.05) is 13.1 Å². The molecule has 5 heteroatoms. The Morgan fingerprint density at radius 3 is 1.89 bits per heavy atom. The molecule has 0 fully saturated rings. The zero-order valence-corrected chi connectivity index (χ0v) is 8.92. The van der Waals surface area contributed by atoms with Crippen molar-refractivity contribution in [1.82, 2.24) is 5.32 Å². The molecule has 0 unspecified atom stereocenters. The molecule has 0 spiro atoms. The van der Waals surface area contributed by atoms with E-state index in [2.05, 4.69) is 12.2 Å². The molecule has 0 rings (SSSR count). The largest absolute Gasteiger partial charge is 0.401 e. The van der Waals surface area contributed by atoms with Crippen LogP contribution in [-0.4, -0.2) is 19.3 Å². The quantitative estimate of drug-likeness (QED) is 0.721. The molecular formula is C4H7F3NU-. The number of nitrogens with one attached hydrogen (secondary N) is 1. The van der Waals surface area contributed by atoms with Crippen molar-refractivity contribution < 1.29 is 44.3 Å². The summed E-state index contributed by atoms with van der Waals surface area (Å²) in [5.41, 5.74) is 0. The van der Waals surface area contributed by atoms with Crippen LogP contribution in [0.15, 0.2) is 0 Å². The molecule has 0 amide bonds. The van der Waals surface area contributed by atoms with E-state index in [0.29, 0.717) is 0 Å². The normalized spacial score (nSPS) is 10.7. The topological polar surface area (TPSA) is 12.0 Å². The van der Waals surface area contributed by atoms with E-state index in [-0.39, 0.29) is 37.7 Å². The second kappa shape index (κ2) is 5.58. The van der Waals surface area contributed by atoms with Gasteiger partial charge in [-0.25, -0.2) is 0 Å². The molecule has 1 N–H and O–H groups in total. The average molecular weight is 364 g/mol. The summed E-state index contributed by atoms with van der Waals surface area (Å²) < 4.78 is 33.5. The fourth-order valence-corrected chi connectivity index (χ4v) is 0.230. The van der Waals surface area contributed by atoms with Gasteiger partial charge in [0.15, 0.2) is 0 Å². The Morgan fingerprint density at radius 1 is 1.33 bits per heavy atom. The Bertz CT molecular complexity index is 63.3. The molecule has 0 aliphatic carbocycles. The van der Waals surface area contributed by atoms with Crippen molar-refractivity contribution in [2.45, 2.75) is 6.18 Å². The summed E-state index contributed by atoms with van der Waals surface area (Å²) >= 11 is 0. The van der Waals surface area contributed by atoms with E-state index in [1.807, 2.05) is 0 Å². The molecule has 1 nitrogen and oxygen atoms in total. The van der Waals surface area contributed by atoms with Gasteiger partial charge in [0.1, 0.15) is 0 Å². The average Bonchev–Trinajstić information content (AvgIpc) is 1.59. The second-order valence-corrected chi connectivity index (χ2v) is 1.29. The summed E-state index contributed by atoms with van der Waals surface area (Å²) in [4.78, 5) is 0. The Kier molecular flexibility index (Phi) is 7.73. The van der Waals surface area contributed by atoms with Gasteiger partial charge in [-0.05, 0) is 0 Å². The third-order valence-corrected chi connectivity index (χ3v) is 0.502. The maximum Gasteiger partial charge on any atom is 0.401 e. The second-order valence-electron chi connectivity index (χ2n) is 1.29. The molecule has 54 valence electrons. The van der Waals surface area contributed by atoms with Crippen LogP contribution in [0.1, 0.15) is 0 Å². The molecule has 0 aliphatic rings. The van der Waals surface area contributed by atoms with Crippen LogP contribution in [0, 0.1) is 38.0 Å². The minimum absolute atomic E-state index is 0. The van der Waals surface area contributed by atoms with E-state index in [4.69, 9.17) is 0 Å². The number of alkyl halides is 3. The van der Waals surface area contributed by atoms with Gasteiger partial charge in [-0.1, -0.05) is 0 Å². The number of halogens is 3. The van der Waals surface area contributed by atoms with Gasteiger partial charge in [-0.2, -0.15) is 13.2 Å². The molecule has 0 bridgehead atoms. The molecule has 0 aromatic heterocycles. The molecular weight excluding hydrogens is 357 g/mol. The predicted octanol–water partition coefficient (Wildman–Crippen LogP) is 0.972. The van der Waals surface area contributed by atoms with Crippen LogP contribution in [0.2, 0.25) is 0 Å². The van der Waals surface area contributed by atoms with Crippen molar-refractivity contribution in [3.63, 3.8) is 0 Å². The molecule has 0 atom stereocenters. The molecule has 0 radical (unpaired) electrons. The van der Waals surface area contributed by atoms with Gasteiger partial charge >= 0.3 is 6.18 Å². The Balaban J connectivity index is 0. The maximum atomic E-state index is 11.2.